The van der Waals surface area contributed by atoms with Gasteiger partial charge >= 0.3 is 0 Å². The molecule has 1 N–H and O–H groups in total. The third-order valence-electron chi connectivity index (χ3n) is 2.22. The van der Waals surface area contributed by atoms with E-state index in [4.69, 9.17) is 4.74 Å². The number of hydrogen-bond donors (Lipinski definition) is 1. The average Bonchev–Trinajstić information content (AvgIpc) is 2.65. The van der Waals surface area contributed by atoms with Crippen molar-refractivity contribution in [3.05, 3.63) is 0 Å². The Morgan fingerprint density at radius 1 is 1.57 bits per heavy atom. The third-order valence-corrected chi connectivity index (χ3v) is 3.54. The van der Waals surface area contributed by atoms with Crippen LogP contribution in [0, 0.1) is 0 Å². The van der Waals surface area contributed by atoms with E-state index in [-0.39, 0.29) is 0 Å². The Kier molecular flexibility index (Phi) is 6.03. The molecule has 82 valence electrons. The Morgan fingerprint density at radius 2 is 2.43 bits per heavy atom. The van der Waals surface area contributed by atoms with Crippen LogP contribution in [0.5, 0.6) is 0 Å². The van der Waals surface area contributed by atoms with Crippen LogP contribution in [0.4, 0.5) is 0 Å². The highest BCUT2D eigenvalue weighted by Crippen LogP contribution is 2.21. The van der Waals surface area contributed by atoms with Gasteiger partial charge in [0.2, 0.25) is 0 Å². The first-order chi connectivity index (χ1) is 6.86. The van der Waals surface area contributed by atoms with Gasteiger partial charge in [0.15, 0.2) is 5.17 Å². The molecule has 1 atom stereocenters. The third kappa shape index (κ3) is 4.33. The van der Waals surface area contributed by atoms with E-state index >= 15 is 0 Å². The van der Waals surface area contributed by atoms with Crippen molar-refractivity contribution in [1.82, 2.24) is 5.32 Å². The van der Waals surface area contributed by atoms with Crippen LogP contribution in [0.25, 0.3) is 0 Å². The summed E-state index contributed by atoms with van der Waals surface area (Å²) in [5.74, 6) is 0. The SMILES string of the molecule is CCC1CN=C(NCCCCOC)S1. The molecular formula is C10H20N2OS. The summed E-state index contributed by atoms with van der Waals surface area (Å²) in [6, 6.07) is 0. The minimum Gasteiger partial charge on any atom is -0.385 e. The summed E-state index contributed by atoms with van der Waals surface area (Å²) < 4.78 is 4.99. The highest BCUT2D eigenvalue weighted by atomic mass is 32.2. The maximum Gasteiger partial charge on any atom is 0.156 e. The van der Waals surface area contributed by atoms with Gasteiger partial charge in [0.05, 0.1) is 6.54 Å². The quantitative estimate of drug-likeness (QED) is 0.688. The molecule has 1 aliphatic heterocycles. The fourth-order valence-electron chi connectivity index (χ4n) is 1.29. The number of ether oxygens (including phenoxy) is 1. The van der Waals surface area contributed by atoms with Gasteiger partial charge in [0.1, 0.15) is 0 Å². The highest BCUT2D eigenvalue weighted by Gasteiger charge is 2.16. The zero-order valence-corrected chi connectivity index (χ0v) is 9.90. The van der Waals surface area contributed by atoms with E-state index < -0.39 is 0 Å². The summed E-state index contributed by atoms with van der Waals surface area (Å²) in [5.41, 5.74) is 0. The highest BCUT2D eigenvalue weighted by molar-refractivity contribution is 8.14. The lowest BCUT2D eigenvalue weighted by Gasteiger charge is -2.06. The van der Waals surface area contributed by atoms with Gasteiger partial charge in [-0.05, 0) is 19.3 Å². The Labute approximate surface area is 90.7 Å². The molecule has 0 bridgehead atoms. The molecule has 1 aliphatic rings. The molecule has 0 radical (unpaired) electrons. The van der Waals surface area contributed by atoms with E-state index in [0.717, 1.165) is 37.7 Å². The Balaban J connectivity index is 1.97. The minimum absolute atomic E-state index is 0.705. The summed E-state index contributed by atoms with van der Waals surface area (Å²) in [7, 11) is 1.75. The zero-order chi connectivity index (χ0) is 10.2. The van der Waals surface area contributed by atoms with Gasteiger partial charge in [-0.3, -0.25) is 4.99 Å². The topological polar surface area (TPSA) is 33.6 Å². The van der Waals surface area contributed by atoms with E-state index in [1.807, 2.05) is 11.8 Å². The summed E-state index contributed by atoms with van der Waals surface area (Å²) >= 11 is 1.88. The molecule has 0 aromatic rings. The van der Waals surface area contributed by atoms with Crippen LogP contribution < -0.4 is 5.32 Å². The van der Waals surface area contributed by atoms with Crippen molar-refractivity contribution >= 4 is 16.9 Å². The van der Waals surface area contributed by atoms with Gasteiger partial charge in [0, 0.05) is 25.5 Å². The first-order valence-corrected chi connectivity index (χ1v) is 6.18. The van der Waals surface area contributed by atoms with Gasteiger partial charge in [-0.2, -0.15) is 0 Å². The normalized spacial score (nSPS) is 21.0. The zero-order valence-electron chi connectivity index (χ0n) is 9.08. The van der Waals surface area contributed by atoms with E-state index in [1.165, 1.54) is 6.42 Å². The van der Waals surface area contributed by atoms with Crippen molar-refractivity contribution in [3.63, 3.8) is 0 Å². The molecule has 0 saturated carbocycles. The lowest BCUT2D eigenvalue weighted by Crippen LogP contribution is -2.20. The second-order valence-electron chi connectivity index (χ2n) is 3.42. The van der Waals surface area contributed by atoms with Crippen LogP contribution in [-0.2, 0) is 4.74 Å². The minimum atomic E-state index is 0.705. The van der Waals surface area contributed by atoms with Crippen LogP contribution in [0.3, 0.4) is 0 Å². The first-order valence-electron chi connectivity index (χ1n) is 5.30. The molecule has 1 unspecified atom stereocenters. The molecule has 0 aliphatic carbocycles. The van der Waals surface area contributed by atoms with E-state index in [2.05, 4.69) is 17.2 Å². The molecule has 14 heavy (non-hydrogen) atoms. The number of unbranched alkanes of at least 4 members (excludes halogenated alkanes) is 1. The maximum absolute atomic E-state index is 4.99. The second-order valence-corrected chi connectivity index (χ2v) is 4.71. The molecule has 0 aromatic carbocycles. The molecule has 0 spiro atoms. The van der Waals surface area contributed by atoms with Crippen LogP contribution in [0.2, 0.25) is 0 Å². The number of aliphatic imine (C=N–C) groups is 1. The van der Waals surface area contributed by atoms with Gasteiger partial charge < -0.3 is 10.1 Å². The molecule has 0 aromatic heterocycles. The van der Waals surface area contributed by atoms with Crippen LogP contribution >= 0.6 is 11.8 Å². The predicted molar refractivity (Wildman–Crippen MR) is 63.1 cm³/mol. The summed E-state index contributed by atoms with van der Waals surface area (Å²) in [6.07, 6.45) is 3.49. The monoisotopic (exact) mass is 216 g/mol. The standard InChI is InChI=1S/C10H20N2OS/c1-3-9-8-12-10(14-9)11-6-4-5-7-13-2/h9H,3-8H2,1-2H3,(H,11,12). The van der Waals surface area contributed by atoms with E-state index in [1.54, 1.807) is 7.11 Å². The second kappa shape index (κ2) is 7.12. The number of nitrogens with one attached hydrogen (secondary N) is 1. The number of nitrogens with zero attached hydrogens (tertiary/aromatic N) is 1. The van der Waals surface area contributed by atoms with Crippen LogP contribution in [0.1, 0.15) is 26.2 Å². The summed E-state index contributed by atoms with van der Waals surface area (Å²) in [4.78, 5) is 4.44. The smallest absolute Gasteiger partial charge is 0.156 e. The molecule has 4 heteroatoms. The van der Waals surface area contributed by atoms with Crippen molar-refractivity contribution in [3.8, 4) is 0 Å². The summed E-state index contributed by atoms with van der Waals surface area (Å²) in [6.45, 7) is 5.08. The van der Waals surface area contributed by atoms with Crippen molar-refractivity contribution < 1.29 is 4.74 Å². The maximum atomic E-state index is 4.99. The molecule has 1 heterocycles. The molecule has 1 rings (SSSR count). The molecule has 0 amide bonds. The fraction of sp³-hybridized carbons (Fsp3) is 0.900. The van der Waals surface area contributed by atoms with Crippen molar-refractivity contribution in [2.24, 2.45) is 4.99 Å². The van der Waals surface area contributed by atoms with Crippen LogP contribution in [-0.4, -0.2) is 37.2 Å². The Hall–Kier alpha value is -0.220. The Bertz CT molecular complexity index is 185. The average molecular weight is 216 g/mol. The number of thioether (sulfide) groups is 1. The molecule has 3 nitrogen and oxygen atoms in total. The fourth-order valence-corrected chi connectivity index (χ4v) is 2.26. The van der Waals surface area contributed by atoms with E-state index in [0.29, 0.717) is 5.25 Å². The summed E-state index contributed by atoms with van der Waals surface area (Å²) in [5, 5.41) is 5.20. The van der Waals surface area contributed by atoms with Crippen molar-refractivity contribution in [2.45, 2.75) is 31.4 Å². The van der Waals surface area contributed by atoms with Crippen molar-refractivity contribution in [2.75, 3.05) is 26.8 Å². The predicted octanol–water partition coefficient (Wildman–Crippen LogP) is 1.88. The van der Waals surface area contributed by atoms with Crippen LogP contribution in [0.15, 0.2) is 4.99 Å². The molecule has 0 saturated heterocycles. The lowest BCUT2D eigenvalue weighted by molar-refractivity contribution is 0.193. The van der Waals surface area contributed by atoms with Gasteiger partial charge in [-0.15, -0.1) is 0 Å². The van der Waals surface area contributed by atoms with Gasteiger partial charge in [-0.25, -0.2) is 0 Å². The number of methoxy groups -OCH3 is 1. The Morgan fingerprint density at radius 3 is 3.07 bits per heavy atom. The first kappa shape index (κ1) is 11.9. The lowest BCUT2D eigenvalue weighted by atomic mass is 10.3. The molecule has 0 fully saturated rings. The largest absolute Gasteiger partial charge is 0.385 e. The number of rotatable bonds is 6. The number of hydrogen-bond acceptors (Lipinski definition) is 4. The van der Waals surface area contributed by atoms with E-state index in [9.17, 15) is 0 Å². The van der Waals surface area contributed by atoms with Gasteiger partial charge in [0.25, 0.3) is 0 Å². The number of amidine groups is 1. The molecular weight excluding hydrogens is 196 g/mol. The van der Waals surface area contributed by atoms with Gasteiger partial charge in [-0.1, -0.05) is 18.7 Å². The van der Waals surface area contributed by atoms with Crippen molar-refractivity contribution in [1.29, 1.82) is 0 Å².